The van der Waals surface area contributed by atoms with Crippen LogP contribution in [-0.4, -0.2) is 0 Å². The molecular formula is C26H38. The van der Waals surface area contributed by atoms with Crippen molar-refractivity contribution >= 4 is 0 Å². The lowest BCUT2D eigenvalue weighted by Crippen LogP contribution is -2.35. The highest BCUT2D eigenvalue weighted by Gasteiger charge is 2.38. The summed E-state index contributed by atoms with van der Waals surface area (Å²) in [5.41, 5.74) is 4.76. The van der Waals surface area contributed by atoms with E-state index in [1.54, 1.807) is 24.0 Å². The van der Waals surface area contributed by atoms with Gasteiger partial charge in [-0.3, -0.25) is 0 Å². The molecule has 0 N–H and O–H groups in total. The van der Waals surface area contributed by atoms with Gasteiger partial charge in [0.05, 0.1) is 0 Å². The van der Waals surface area contributed by atoms with Gasteiger partial charge in [-0.15, -0.1) is 0 Å². The zero-order chi connectivity index (χ0) is 17.9. The molecule has 2 saturated carbocycles. The molecule has 0 heteroatoms. The largest absolute Gasteiger partial charge is 0.0917 e. The molecule has 3 aliphatic rings. The van der Waals surface area contributed by atoms with E-state index in [9.17, 15) is 0 Å². The molecule has 0 radical (unpaired) electrons. The standard InChI is InChI=1S/C26H38/c1-3-4-5-6-20-8-10-24-18-26(14-12-22(24)16-20)25-13-11-21-15-19(2)7-9-23(21)17-25/h3-4,7,9,15,20,22,24-26H,5-6,8,10-14,16-18H2,1-2H3/b4-3+/t20-,22?,24-,25?,26?/m1/s1. The Labute approximate surface area is 161 Å². The summed E-state index contributed by atoms with van der Waals surface area (Å²) in [6, 6.07) is 7.20. The first-order chi connectivity index (χ1) is 12.7. The summed E-state index contributed by atoms with van der Waals surface area (Å²) in [6.45, 7) is 4.39. The summed E-state index contributed by atoms with van der Waals surface area (Å²) in [5, 5.41) is 0. The molecule has 3 unspecified atom stereocenters. The number of allylic oxidation sites excluding steroid dienone is 2. The van der Waals surface area contributed by atoms with Crippen LogP contribution in [0.15, 0.2) is 30.4 Å². The van der Waals surface area contributed by atoms with E-state index in [1.165, 1.54) is 63.4 Å². The highest BCUT2D eigenvalue weighted by atomic mass is 14.4. The van der Waals surface area contributed by atoms with Crippen LogP contribution in [0, 0.1) is 36.5 Å². The summed E-state index contributed by atoms with van der Waals surface area (Å²) in [4.78, 5) is 0. The molecule has 0 nitrogen and oxygen atoms in total. The van der Waals surface area contributed by atoms with Crippen molar-refractivity contribution in [3.8, 4) is 0 Å². The predicted molar refractivity (Wildman–Crippen MR) is 112 cm³/mol. The molecule has 0 bridgehead atoms. The molecule has 26 heavy (non-hydrogen) atoms. The van der Waals surface area contributed by atoms with Crippen molar-refractivity contribution in [2.45, 2.75) is 84.5 Å². The number of hydrogen-bond donors (Lipinski definition) is 0. The maximum atomic E-state index is 2.44. The van der Waals surface area contributed by atoms with Gasteiger partial charge in [0.2, 0.25) is 0 Å². The second-order valence-electron chi connectivity index (χ2n) is 9.69. The number of aryl methyl sites for hydroxylation is 2. The first-order valence-corrected chi connectivity index (χ1v) is 11.4. The van der Waals surface area contributed by atoms with Crippen LogP contribution in [0.25, 0.3) is 0 Å². The smallest absolute Gasteiger partial charge is 0.0245 e. The van der Waals surface area contributed by atoms with Crippen LogP contribution in [0.2, 0.25) is 0 Å². The molecule has 4 rings (SSSR count). The highest BCUT2D eigenvalue weighted by molar-refractivity contribution is 5.33. The molecule has 0 saturated heterocycles. The van der Waals surface area contributed by atoms with Crippen molar-refractivity contribution in [2.75, 3.05) is 0 Å². The molecule has 0 aromatic heterocycles. The van der Waals surface area contributed by atoms with E-state index in [2.05, 4.69) is 44.2 Å². The quantitative estimate of drug-likeness (QED) is 0.500. The van der Waals surface area contributed by atoms with Crippen LogP contribution >= 0.6 is 0 Å². The van der Waals surface area contributed by atoms with Gasteiger partial charge in [0.1, 0.15) is 0 Å². The second-order valence-corrected chi connectivity index (χ2v) is 9.69. The van der Waals surface area contributed by atoms with Crippen LogP contribution in [0.4, 0.5) is 0 Å². The van der Waals surface area contributed by atoms with E-state index in [1.807, 2.05) is 0 Å². The van der Waals surface area contributed by atoms with Crippen molar-refractivity contribution in [2.24, 2.45) is 29.6 Å². The fraction of sp³-hybridized carbons (Fsp3) is 0.692. The zero-order valence-corrected chi connectivity index (χ0v) is 17.1. The number of fused-ring (bicyclic) bond motifs is 2. The number of hydrogen-bond acceptors (Lipinski definition) is 0. The van der Waals surface area contributed by atoms with Crippen molar-refractivity contribution in [3.05, 3.63) is 47.0 Å². The van der Waals surface area contributed by atoms with Gasteiger partial charge in [-0.25, -0.2) is 0 Å². The molecular weight excluding hydrogens is 312 g/mol. The van der Waals surface area contributed by atoms with Gasteiger partial charge in [0.15, 0.2) is 0 Å². The Morgan fingerprint density at radius 1 is 0.885 bits per heavy atom. The minimum atomic E-state index is 0.971. The maximum Gasteiger partial charge on any atom is -0.0245 e. The van der Waals surface area contributed by atoms with Gasteiger partial charge < -0.3 is 0 Å². The average molecular weight is 351 g/mol. The van der Waals surface area contributed by atoms with E-state index >= 15 is 0 Å². The van der Waals surface area contributed by atoms with Crippen molar-refractivity contribution in [3.63, 3.8) is 0 Å². The third kappa shape index (κ3) is 4.10. The van der Waals surface area contributed by atoms with Crippen LogP contribution in [0.1, 0.15) is 81.4 Å². The lowest BCUT2D eigenvalue weighted by atomic mass is 9.61. The Balaban J connectivity index is 1.31. The van der Waals surface area contributed by atoms with Crippen molar-refractivity contribution in [1.29, 1.82) is 0 Å². The fourth-order valence-electron chi connectivity index (χ4n) is 6.53. The van der Waals surface area contributed by atoms with Crippen molar-refractivity contribution < 1.29 is 0 Å². The zero-order valence-electron chi connectivity index (χ0n) is 17.1. The molecule has 3 aliphatic carbocycles. The molecule has 2 fully saturated rings. The molecule has 0 spiro atoms. The molecule has 1 aromatic rings. The first kappa shape index (κ1) is 18.3. The third-order valence-corrected chi connectivity index (χ3v) is 8.03. The van der Waals surface area contributed by atoms with E-state index in [0.29, 0.717) is 0 Å². The summed E-state index contributed by atoms with van der Waals surface area (Å²) < 4.78 is 0. The number of rotatable bonds is 4. The van der Waals surface area contributed by atoms with Gasteiger partial charge in [0, 0.05) is 0 Å². The summed E-state index contributed by atoms with van der Waals surface area (Å²) in [5.74, 6) is 5.14. The molecule has 1 aromatic carbocycles. The Morgan fingerprint density at radius 3 is 2.50 bits per heavy atom. The average Bonchev–Trinajstić information content (AvgIpc) is 2.67. The van der Waals surface area contributed by atoms with Gasteiger partial charge in [0.25, 0.3) is 0 Å². The van der Waals surface area contributed by atoms with Crippen LogP contribution in [0.5, 0.6) is 0 Å². The van der Waals surface area contributed by atoms with E-state index in [4.69, 9.17) is 0 Å². The molecule has 0 heterocycles. The van der Waals surface area contributed by atoms with Crippen LogP contribution < -0.4 is 0 Å². The van der Waals surface area contributed by atoms with E-state index in [-0.39, 0.29) is 0 Å². The Bertz CT molecular complexity index is 625. The second kappa shape index (κ2) is 8.32. The normalized spacial score (nSPS) is 34.5. The highest BCUT2D eigenvalue weighted by Crippen LogP contribution is 2.49. The Kier molecular flexibility index (Phi) is 5.87. The van der Waals surface area contributed by atoms with Gasteiger partial charge in [-0.1, -0.05) is 42.3 Å². The van der Waals surface area contributed by atoms with Gasteiger partial charge in [-0.05, 0) is 119 Å². The monoisotopic (exact) mass is 350 g/mol. The summed E-state index contributed by atoms with van der Waals surface area (Å²) >= 11 is 0. The minimum absolute atomic E-state index is 0.971. The van der Waals surface area contributed by atoms with Crippen molar-refractivity contribution in [1.82, 2.24) is 0 Å². The van der Waals surface area contributed by atoms with Crippen LogP contribution in [-0.2, 0) is 12.8 Å². The van der Waals surface area contributed by atoms with E-state index < -0.39 is 0 Å². The summed E-state index contributed by atoms with van der Waals surface area (Å²) in [7, 11) is 0. The lowest BCUT2D eigenvalue weighted by Gasteiger charge is -2.45. The minimum Gasteiger partial charge on any atom is -0.0917 e. The molecule has 5 atom stereocenters. The predicted octanol–water partition coefficient (Wildman–Crippen LogP) is 7.29. The number of benzene rings is 1. The van der Waals surface area contributed by atoms with Crippen LogP contribution in [0.3, 0.4) is 0 Å². The molecule has 0 aliphatic heterocycles. The Morgan fingerprint density at radius 2 is 1.65 bits per heavy atom. The third-order valence-electron chi connectivity index (χ3n) is 8.03. The fourth-order valence-corrected chi connectivity index (χ4v) is 6.53. The van der Waals surface area contributed by atoms with E-state index in [0.717, 1.165) is 29.6 Å². The molecule has 142 valence electrons. The SMILES string of the molecule is C/C=C/CC[C@@H]1CC[C@@H]2CC(C3CCc4cc(C)ccc4C3)CCC2C1. The van der Waals surface area contributed by atoms with Gasteiger partial charge >= 0.3 is 0 Å². The Hall–Kier alpha value is -1.04. The maximum absolute atomic E-state index is 2.44. The molecule has 0 amide bonds. The lowest BCUT2D eigenvalue weighted by molar-refractivity contribution is 0.0699. The van der Waals surface area contributed by atoms with Gasteiger partial charge in [-0.2, -0.15) is 0 Å². The topological polar surface area (TPSA) is 0 Å². The summed E-state index contributed by atoms with van der Waals surface area (Å²) in [6.07, 6.45) is 20.7. The first-order valence-electron chi connectivity index (χ1n) is 11.4.